The Morgan fingerprint density at radius 2 is 1.77 bits per heavy atom. The van der Waals surface area contributed by atoms with Gasteiger partial charge in [0, 0.05) is 19.6 Å². The van der Waals surface area contributed by atoms with Crippen molar-refractivity contribution in [1.29, 1.82) is 0 Å². The number of morpholine rings is 2. The highest BCUT2D eigenvalue weighted by Gasteiger charge is 2.29. The number of ether oxygens (including phenoxy) is 2. The van der Waals surface area contributed by atoms with E-state index in [9.17, 15) is 4.79 Å². The number of hydrogen-bond acceptors (Lipinski definition) is 3. The van der Waals surface area contributed by atoms with Gasteiger partial charge < -0.3 is 19.3 Å². The highest BCUT2D eigenvalue weighted by Crippen LogP contribution is 2.29. The smallest absolute Gasteiger partial charge is 0.320 e. The second-order valence-corrected chi connectivity index (χ2v) is 6.18. The molecule has 120 valence electrons. The summed E-state index contributed by atoms with van der Waals surface area (Å²) in [5.74, 6) is 0. The van der Waals surface area contributed by atoms with Crippen molar-refractivity contribution in [3.8, 4) is 0 Å². The molecular weight excluding hydrogens is 327 g/mol. The van der Waals surface area contributed by atoms with Gasteiger partial charge in [-0.15, -0.1) is 0 Å². The van der Waals surface area contributed by atoms with Crippen LogP contribution in [0.1, 0.15) is 11.7 Å². The maximum Gasteiger partial charge on any atom is 0.320 e. The van der Waals surface area contributed by atoms with Gasteiger partial charge in [-0.25, -0.2) is 4.79 Å². The van der Waals surface area contributed by atoms with Gasteiger partial charge in [0.25, 0.3) is 0 Å². The average Bonchev–Trinajstić information content (AvgIpc) is 2.57. The van der Waals surface area contributed by atoms with Crippen LogP contribution in [0, 0.1) is 0 Å². The van der Waals surface area contributed by atoms with E-state index in [0.29, 0.717) is 56.0 Å². The van der Waals surface area contributed by atoms with Crippen LogP contribution in [-0.2, 0) is 9.47 Å². The Morgan fingerprint density at radius 3 is 2.50 bits per heavy atom. The number of hydrogen-bond donors (Lipinski definition) is 0. The van der Waals surface area contributed by atoms with E-state index in [-0.39, 0.29) is 12.1 Å². The predicted octanol–water partition coefficient (Wildman–Crippen LogP) is 2.82. The monoisotopic (exact) mass is 344 g/mol. The molecule has 2 fully saturated rings. The normalized spacial score (nSPS) is 22.7. The molecule has 2 amide bonds. The van der Waals surface area contributed by atoms with Crippen LogP contribution in [-0.4, -0.2) is 61.8 Å². The third-order valence-corrected chi connectivity index (χ3v) is 4.67. The largest absolute Gasteiger partial charge is 0.378 e. The highest BCUT2D eigenvalue weighted by atomic mass is 35.5. The molecule has 5 nitrogen and oxygen atoms in total. The molecule has 2 aliphatic heterocycles. The molecule has 1 unspecified atom stereocenters. The lowest BCUT2D eigenvalue weighted by atomic mass is 10.1. The predicted molar refractivity (Wildman–Crippen MR) is 84.5 cm³/mol. The quantitative estimate of drug-likeness (QED) is 0.786. The van der Waals surface area contributed by atoms with Gasteiger partial charge in [0.1, 0.15) is 6.10 Å². The fourth-order valence-electron chi connectivity index (χ4n) is 2.69. The van der Waals surface area contributed by atoms with Crippen molar-refractivity contribution in [1.82, 2.24) is 9.80 Å². The van der Waals surface area contributed by atoms with Crippen molar-refractivity contribution < 1.29 is 14.3 Å². The Kier molecular flexibility index (Phi) is 5.08. The number of carbonyl (C=O) groups is 1. The molecule has 2 heterocycles. The zero-order valence-electron chi connectivity index (χ0n) is 12.1. The van der Waals surface area contributed by atoms with E-state index in [0.717, 1.165) is 5.56 Å². The molecule has 1 atom stereocenters. The second kappa shape index (κ2) is 7.04. The zero-order chi connectivity index (χ0) is 15.5. The standard InChI is InChI=1S/C15H18Cl2N2O3/c16-12-2-1-11(9-13(12)17)14-10-19(5-8-22-14)15(20)18-3-6-21-7-4-18/h1-2,9,14H,3-8,10H2. The van der Waals surface area contributed by atoms with Gasteiger partial charge in [0.2, 0.25) is 0 Å². The summed E-state index contributed by atoms with van der Waals surface area (Å²) >= 11 is 12.0. The first-order valence-electron chi connectivity index (χ1n) is 7.33. The molecule has 3 rings (SSSR count). The van der Waals surface area contributed by atoms with Crippen molar-refractivity contribution in [2.45, 2.75) is 6.10 Å². The first kappa shape index (κ1) is 15.9. The summed E-state index contributed by atoms with van der Waals surface area (Å²) in [5.41, 5.74) is 0.939. The molecule has 1 aromatic carbocycles. The van der Waals surface area contributed by atoms with Gasteiger partial charge in [0.15, 0.2) is 0 Å². The van der Waals surface area contributed by atoms with Crippen molar-refractivity contribution in [3.05, 3.63) is 33.8 Å². The van der Waals surface area contributed by atoms with Gasteiger partial charge in [-0.3, -0.25) is 0 Å². The fraction of sp³-hybridized carbons (Fsp3) is 0.533. The maximum atomic E-state index is 12.5. The maximum absolute atomic E-state index is 12.5. The minimum Gasteiger partial charge on any atom is -0.378 e. The lowest BCUT2D eigenvalue weighted by Gasteiger charge is -2.37. The van der Waals surface area contributed by atoms with E-state index in [2.05, 4.69) is 0 Å². The van der Waals surface area contributed by atoms with Crippen molar-refractivity contribution in [3.63, 3.8) is 0 Å². The third kappa shape index (κ3) is 3.49. The van der Waals surface area contributed by atoms with Crippen molar-refractivity contribution >= 4 is 29.2 Å². The summed E-state index contributed by atoms with van der Waals surface area (Å²) < 4.78 is 11.1. The lowest BCUT2D eigenvalue weighted by molar-refractivity contribution is -0.0264. The average molecular weight is 345 g/mol. The summed E-state index contributed by atoms with van der Waals surface area (Å²) in [6.45, 7) is 4.14. The number of benzene rings is 1. The van der Waals surface area contributed by atoms with Crippen LogP contribution in [0.3, 0.4) is 0 Å². The Morgan fingerprint density at radius 1 is 1.05 bits per heavy atom. The molecule has 0 aliphatic carbocycles. The van der Waals surface area contributed by atoms with Crippen LogP contribution in [0.2, 0.25) is 10.0 Å². The first-order chi connectivity index (χ1) is 10.6. The molecule has 7 heteroatoms. The number of amides is 2. The topological polar surface area (TPSA) is 42.0 Å². The molecule has 0 N–H and O–H groups in total. The fourth-order valence-corrected chi connectivity index (χ4v) is 3.00. The summed E-state index contributed by atoms with van der Waals surface area (Å²) in [7, 11) is 0. The Hall–Kier alpha value is -1.01. The molecule has 1 aromatic rings. The molecular formula is C15H18Cl2N2O3. The summed E-state index contributed by atoms with van der Waals surface area (Å²) in [6.07, 6.45) is -0.173. The van der Waals surface area contributed by atoms with E-state index < -0.39 is 0 Å². The molecule has 0 bridgehead atoms. The van der Waals surface area contributed by atoms with Crippen LogP contribution < -0.4 is 0 Å². The van der Waals surface area contributed by atoms with Crippen LogP contribution in [0.15, 0.2) is 18.2 Å². The van der Waals surface area contributed by atoms with Crippen LogP contribution in [0.25, 0.3) is 0 Å². The van der Waals surface area contributed by atoms with Gasteiger partial charge in [0.05, 0.1) is 36.4 Å². The summed E-state index contributed by atoms with van der Waals surface area (Å²) in [4.78, 5) is 16.2. The Balaban J connectivity index is 1.68. The minimum absolute atomic E-state index is 0.0525. The summed E-state index contributed by atoms with van der Waals surface area (Å²) in [6, 6.07) is 5.50. The van der Waals surface area contributed by atoms with E-state index in [1.165, 1.54) is 0 Å². The molecule has 22 heavy (non-hydrogen) atoms. The van der Waals surface area contributed by atoms with E-state index in [4.69, 9.17) is 32.7 Å². The van der Waals surface area contributed by atoms with Crippen molar-refractivity contribution in [2.75, 3.05) is 46.0 Å². The van der Waals surface area contributed by atoms with E-state index in [1.807, 2.05) is 15.9 Å². The summed E-state index contributed by atoms with van der Waals surface area (Å²) in [5, 5.41) is 1.02. The first-order valence-corrected chi connectivity index (χ1v) is 8.09. The Labute approximate surface area is 139 Å². The third-order valence-electron chi connectivity index (χ3n) is 3.93. The van der Waals surface area contributed by atoms with Gasteiger partial charge in [-0.05, 0) is 17.7 Å². The molecule has 0 aromatic heterocycles. The van der Waals surface area contributed by atoms with Crippen LogP contribution in [0.4, 0.5) is 4.79 Å². The molecule has 0 saturated carbocycles. The van der Waals surface area contributed by atoms with E-state index in [1.54, 1.807) is 12.1 Å². The number of nitrogens with zero attached hydrogens (tertiary/aromatic N) is 2. The lowest BCUT2D eigenvalue weighted by Crippen LogP contribution is -2.51. The second-order valence-electron chi connectivity index (χ2n) is 5.36. The van der Waals surface area contributed by atoms with Crippen LogP contribution in [0.5, 0.6) is 0 Å². The van der Waals surface area contributed by atoms with Crippen molar-refractivity contribution in [2.24, 2.45) is 0 Å². The molecule has 2 saturated heterocycles. The molecule has 0 spiro atoms. The van der Waals surface area contributed by atoms with E-state index >= 15 is 0 Å². The zero-order valence-corrected chi connectivity index (χ0v) is 13.6. The van der Waals surface area contributed by atoms with Crippen LogP contribution >= 0.6 is 23.2 Å². The minimum atomic E-state index is -0.173. The number of carbonyl (C=O) groups excluding carboxylic acids is 1. The number of halogens is 2. The number of rotatable bonds is 1. The Bertz CT molecular complexity index is 550. The highest BCUT2D eigenvalue weighted by molar-refractivity contribution is 6.42. The molecule has 0 radical (unpaired) electrons. The van der Waals surface area contributed by atoms with Gasteiger partial charge >= 0.3 is 6.03 Å². The SMILES string of the molecule is O=C(N1CCOCC1)N1CCOC(c2ccc(Cl)c(Cl)c2)C1. The van der Waals surface area contributed by atoms with Gasteiger partial charge in [-0.2, -0.15) is 0 Å². The number of urea groups is 1. The van der Waals surface area contributed by atoms with Gasteiger partial charge in [-0.1, -0.05) is 29.3 Å². The molecule has 2 aliphatic rings.